The Balaban J connectivity index is 1.28. The highest BCUT2D eigenvalue weighted by Gasteiger charge is 2.28. The van der Waals surface area contributed by atoms with Crippen molar-refractivity contribution in [3.05, 3.63) is 53.6 Å². The molecule has 2 amide bonds. The zero-order valence-electron chi connectivity index (χ0n) is 24.1. The number of sulfonamides is 1. The molecule has 42 heavy (non-hydrogen) atoms. The van der Waals surface area contributed by atoms with E-state index in [2.05, 4.69) is 42.9 Å². The van der Waals surface area contributed by atoms with E-state index < -0.39 is 10.0 Å². The molecule has 2 aromatic carbocycles. The average molecular weight is 598 g/mol. The van der Waals surface area contributed by atoms with Crippen molar-refractivity contribution in [3.8, 4) is 17.6 Å². The first-order chi connectivity index (χ1) is 20.2. The number of hydrogen-bond acceptors (Lipinski definition) is 10. The average Bonchev–Trinajstić information content (AvgIpc) is 3.00. The lowest BCUT2D eigenvalue weighted by Gasteiger charge is -2.38. The van der Waals surface area contributed by atoms with Crippen molar-refractivity contribution in [3.63, 3.8) is 0 Å². The summed E-state index contributed by atoms with van der Waals surface area (Å²) in [5.74, 6) is 0.980. The van der Waals surface area contributed by atoms with Gasteiger partial charge in [0.15, 0.2) is 5.82 Å². The van der Waals surface area contributed by atoms with Crippen LogP contribution in [0.1, 0.15) is 11.1 Å². The molecular weight excluding hydrogens is 562 g/mol. The molecule has 0 aliphatic carbocycles. The summed E-state index contributed by atoms with van der Waals surface area (Å²) >= 11 is 0. The van der Waals surface area contributed by atoms with Gasteiger partial charge in [0, 0.05) is 67.8 Å². The van der Waals surface area contributed by atoms with Crippen LogP contribution in [-0.2, 0) is 23.0 Å². The van der Waals surface area contributed by atoms with Crippen LogP contribution in [0.2, 0.25) is 0 Å². The highest BCUT2D eigenvalue weighted by atomic mass is 32.2. The lowest BCUT2D eigenvalue weighted by atomic mass is 9.96. The van der Waals surface area contributed by atoms with E-state index in [1.54, 1.807) is 24.1 Å². The molecule has 1 fully saturated rings. The van der Waals surface area contributed by atoms with E-state index in [9.17, 15) is 13.2 Å². The Labute approximate surface area is 245 Å². The van der Waals surface area contributed by atoms with E-state index in [-0.39, 0.29) is 28.6 Å². The summed E-state index contributed by atoms with van der Waals surface area (Å²) in [5.41, 5.74) is 3.85. The van der Waals surface area contributed by atoms with Crippen LogP contribution in [0.5, 0.6) is 17.6 Å². The number of fused-ring (bicyclic) bond motifs is 1. The molecule has 3 aromatic rings. The number of rotatable bonds is 8. The van der Waals surface area contributed by atoms with Crippen LogP contribution in [0.3, 0.4) is 0 Å². The number of nitrogens with one attached hydrogen (secondary N) is 2. The molecule has 0 saturated carbocycles. The predicted molar refractivity (Wildman–Crippen MR) is 158 cm³/mol. The van der Waals surface area contributed by atoms with Gasteiger partial charge in [-0.15, -0.1) is 0 Å². The molecule has 13 nitrogen and oxygen atoms in total. The topological polar surface area (TPSA) is 138 Å². The molecule has 1 saturated heterocycles. The smallest absolute Gasteiger partial charge is 0.322 e. The van der Waals surface area contributed by atoms with Gasteiger partial charge in [-0.1, -0.05) is 0 Å². The molecule has 14 heteroatoms. The summed E-state index contributed by atoms with van der Waals surface area (Å²) in [6.45, 7) is 4.78. The Morgan fingerprint density at radius 2 is 1.62 bits per heavy atom. The van der Waals surface area contributed by atoms with Gasteiger partial charge >= 0.3 is 12.0 Å². The maximum atomic E-state index is 13.3. The van der Waals surface area contributed by atoms with Crippen LogP contribution in [0.4, 0.5) is 22.0 Å². The number of urea groups is 1. The van der Waals surface area contributed by atoms with Gasteiger partial charge in [0.2, 0.25) is 5.88 Å². The molecule has 0 radical (unpaired) electrons. The molecule has 2 aliphatic heterocycles. The second kappa shape index (κ2) is 12.3. The van der Waals surface area contributed by atoms with Gasteiger partial charge in [0.25, 0.3) is 10.0 Å². The number of methoxy groups -OCH3 is 3. The lowest BCUT2D eigenvalue weighted by molar-refractivity contribution is 0.206. The number of ether oxygens (including phenoxy) is 3. The number of piperazine rings is 1. The van der Waals surface area contributed by atoms with Crippen molar-refractivity contribution in [1.82, 2.24) is 19.8 Å². The van der Waals surface area contributed by atoms with E-state index in [1.165, 1.54) is 32.4 Å². The fraction of sp³-hybridized carbons (Fsp3) is 0.393. The quantitative estimate of drug-likeness (QED) is 0.399. The van der Waals surface area contributed by atoms with E-state index in [0.29, 0.717) is 25.2 Å². The van der Waals surface area contributed by atoms with Crippen LogP contribution >= 0.6 is 0 Å². The fourth-order valence-corrected chi connectivity index (χ4v) is 6.10. The Hall–Kier alpha value is -4.30. The van der Waals surface area contributed by atoms with Gasteiger partial charge in [-0.2, -0.15) is 9.97 Å². The molecule has 224 valence electrons. The molecular formula is C28H35N7O6S. The maximum absolute atomic E-state index is 13.3. The van der Waals surface area contributed by atoms with Gasteiger partial charge in [-0.3, -0.25) is 4.72 Å². The van der Waals surface area contributed by atoms with Gasteiger partial charge in [-0.25, -0.2) is 13.2 Å². The first-order valence-electron chi connectivity index (χ1n) is 13.5. The van der Waals surface area contributed by atoms with Crippen molar-refractivity contribution in [2.75, 3.05) is 76.0 Å². The molecule has 1 aromatic heterocycles. The highest BCUT2D eigenvalue weighted by molar-refractivity contribution is 7.92. The van der Waals surface area contributed by atoms with Crippen molar-refractivity contribution in [2.45, 2.75) is 17.9 Å². The third-order valence-electron chi connectivity index (χ3n) is 7.42. The van der Waals surface area contributed by atoms with Gasteiger partial charge in [-0.05, 0) is 49.9 Å². The summed E-state index contributed by atoms with van der Waals surface area (Å²) in [7, 11) is 2.58. The maximum Gasteiger partial charge on any atom is 0.322 e. The molecule has 5 rings (SSSR count). The molecule has 3 heterocycles. The first-order valence-corrected chi connectivity index (χ1v) is 15.0. The number of likely N-dealkylation sites (N-methyl/N-ethyl adjacent to an activating group) is 1. The SMILES string of the molecule is COc1cc(NS(=O)(=O)c2ccc(NC(=O)N3CCc4c(OC)ccc(N5CCN(C)CC5)c4C3)cc2)nc(OC)n1. The highest BCUT2D eigenvalue weighted by Crippen LogP contribution is 2.36. The van der Waals surface area contributed by atoms with Crippen LogP contribution < -0.4 is 29.1 Å². The summed E-state index contributed by atoms with van der Waals surface area (Å²) in [6.07, 6.45) is 0.676. The summed E-state index contributed by atoms with van der Waals surface area (Å²) < 4.78 is 44.0. The van der Waals surface area contributed by atoms with Crippen molar-refractivity contribution < 1.29 is 27.4 Å². The zero-order chi connectivity index (χ0) is 29.9. The van der Waals surface area contributed by atoms with Crippen LogP contribution in [0.25, 0.3) is 0 Å². The predicted octanol–water partition coefficient (Wildman–Crippen LogP) is 2.65. The fourth-order valence-electron chi connectivity index (χ4n) is 5.10. The molecule has 2 aliphatic rings. The van der Waals surface area contributed by atoms with E-state index in [0.717, 1.165) is 48.7 Å². The second-order valence-corrected chi connectivity index (χ2v) is 11.7. The normalized spacial score (nSPS) is 15.5. The van der Waals surface area contributed by atoms with Gasteiger partial charge in [0.1, 0.15) is 5.75 Å². The number of carbonyl (C=O) groups excluding carboxylic acids is 1. The molecule has 0 bridgehead atoms. The number of anilines is 3. The summed E-state index contributed by atoms with van der Waals surface area (Å²) in [6, 6.07) is 11.1. The first kappa shape index (κ1) is 29.2. The lowest BCUT2D eigenvalue weighted by Crippen LogP contribution is -2.46. The van der Waals surface area contributed by atoms with Gasteiger partial charge in [0.05, 0.1) is 26.2 Å². The number of nitrogens with zero attached hydrogens (tertiary/aromatic N) is 5. The minimum atomic E-state index is -3.98. The number of benzene rings is 2. The standard InChI is InChI=1S/C28H35N7O6S/c1-33-13-15-34(16-14-33)23-9-10-24(39-2)21-11-12-35(18-22(21)23)28(36)29-19-5-7-20(8-6-19)42(37,38)32-25-17-26(40-3)31-27(30-25)41-4/h5-10,17H,11-16,18H2,1-4H3,(H,29,36)(H,30,31,32). The summed E-state index contributed by atoms with van der Waals surface area (Å²) in [5, 5.41) is 2.90. The number of amides is 2. The molecule has 0 unspecified atom stereocenters. The number of hydrogen-bond donors (Lipinski definition) is 2. The zero-order valence-corrected chi connectivity index (χ0v) is 24.9. The third-order valence-corrected chi connectivity index (χ3v) is 8.79. The Morgan fingerprint density at radius 3 is 2.29 bits per heavy atom. The van der Waals surface area contributed by atoms with Gasteiger partial charge < -0.3 is 34.2 Å². The van der Waals surface area contributed by atoms with E-state index in [4.69, 9.17) is 14.2 Å². The van der Waals surface area contributed by atoms with Crippen LogP contribution in [-0.4, -0.2) is 95.3 Å². The van der Waals surface area contributed by atoms with Crippen molar-refractivity contribution >= 4 is 33.2 Å². The van der Waals surface area contributed by atoms with Crippen LogP contribution in [0.15, 0.2) is 47.4 Å². The summed E-state index contributed by atoms with van der Waals surface area (Å²) in [4.78, 5) is 27.7. The third kappa shape index (κ3) is 6.29. The largest absolute Gasteiger partial charge is 0.496 e. The Kier molecular flexibility index (Phi) is 8.54. The minimum absolute atomic E-state index is 0.00553. The van der Waals surface area contributed by atoms with Crippen molar-refractivity contribution in [1.29, 1.82) is 0 Å². The Bertz CT molecular complexity index is 1520. The minimum Gasteiger partial charge on any atom is -0.496 e. The number of aromatic nitrogens is 2. The monoisotopic (exact) mass is 597 g/mol. The molecule has 2 N–H and O–H groups in total. The number of carbonyl (C=O) groups is 1. The second-order valence-electron chi connectivity index (χ2n) is 10.0. The van der Waals surface area contributed by atoms with Crippen molar-refractivity contribution in [2.24, 2.45) is 0 Å². The molecule has 0 spiro atoms. The van der Waals surface area contributed by atoms with E-state index in [1.807, 2.05) is 6.07 Å². The molecule has 0 atom stereocenters. The van der Waals surface area contributed by atoms with Crippen LogP contribution in [0, 0.1) is 0 Å². The van der Waals surface area contributed by atoms with E-state index >= 15 is 0 Å². The Morgan fingerprint density at radius 1 is 0.881 bits per heavy atom.